The van der Waals surface area contributed by atoms with Gasteiger partial charge in [0.15, 0.2) is 0 Å². The normalized spacial score (nSPS) is 11.5. The molecule has 6 nitrogen and oxygen atoms in total. The van der Waals surface area contributed by atoms with Gasteiger partial charge < -0.3 is 10.6 Å². The zero-order valence-electron chi connectivity index (χ0n) is 11.0. The number of hydrogen-bond donors (Lipinski definition) is 4. The van der Waals surface area contributed by atoms with Crippen LogP contribution in [0, 0.1) is 5.92 Å². The number of carbonyl (C=O) groups excluding carboxylic acids is 1. The summed E-state index contributed by atoms with van der Waals surface area (Å²) in [6.07, 6.45) is 1.38. The Kier molecular flexibility index (Phi) is 9.14. The maximum atomic E-state index is 11.4. The highest BCUT2D eigenvalue weighted by Gasteiger charge is 2.02. The summed E-state index contributed by atoms with van der Waals surface area (Å²) in [6.45, 7) is 8.11. The number of carbonyl (C=O) groups is 1. The van der Waals surface area contributed by atoms with E-state index in [1.165, 1.54) is 0 Å². The number of hydrazine groups is 1. The molecule has 6 heteroatoms. The number of aliphatic imine (C=N–C) groups is 1. The Morgan fingerprint density at radius 3 is 2.59 bits per heavy atom. The first-order valence-electron chi connectivity index (χ1n) is 6.11. The van der Waals surface area contributed by atoms with E-state index in [0.29, 0.717) is 37.9 Å². The highest BCUT2D eigenvalue weighted by molar-refractivity contribution is 5.80. The van der Waals surface area contributed by atoms with E-state index < -0.39 is 0 Å². The first-order chi connectivity index (χ1) is 8.10. The summed E-state index contributed by atoms with van der Waals surface area (Å²) in [5.74, 6) is 6.33. The Hall–Kier alpha value is -1.30. The van der Waals surface area contributed by atoms with Crippen LogP contribution in [0.25, 0.3) is 0 Å². The molecule has 0 saturated heterocycles. The van der Waals surface area contributed by atoms with Gasteiger partial charge in [0.05, 0.1) is 0 Å². The third-order valence-corrected chi connectivity index (χ3v) is 1.98. The molecule has 5 N–H and O–H groups in total. The summed E-state index contributed by atoms with van der Waals surface area (Å²) < 4.78 is 0. The summed E-state index contributed by atoms with van der Waals surface area (Å²) in [4.78, 5) is 15.6. The van der Waals surface area contributed by atoms with Crippen LogP contribution < -0.4 is 21.9 Å². The van der Waals surface area contributed by atoms with E-state index in [4.69, 9.17) is 5.84 Å². The van der Waals surface area contributed by atoms with Crippen LogP contribution in [-0.4, -0.2) is 31.5 Å². The molecule has 1 amide bonds. The summed E-state index contributed by atoms with van der Waals surface area (Å²) >= 11 is 0. The first kappa shape index (κ1) is 15.7. The molecule has 0 radical (unpaired) electrons. The SMILES string of the molecule is CCCN=C(NN)NCCC(=O)NCC(C)C. The molecule has 0 spiro atoms. The minimum atomic E-state index is 0.0399. The molecule has 0 aliphatic carbocycles. The van der Waals surface area contributed by atoms with E-state index in [-0.39, 0.29) is 5.91 Å². The molecule has 0 aromatic heterocycles. The fourth-order valence-corrected chi connectivity index (χ4v) is 1.08. The van der Waals surface area contributed by atoms with Crippen molar-refractivity contribution in [1.29, 1.82) is 0 Å². The van der Waals surface area contributed by atoms with Crippen molar-refractivity contribution in [2.45, 2.75) is 33.6 Å². The molecular weight excluding hydrogens is 218 g/mol. The molecule has 0 bridgehead atoms. The average Bonchev–Trinajstić information content (AvgIpc) is 2.30. The average molecular weight is 243 g/mol. The van der Waals surface area contributed by atoms with E-state index in [1.54, 1.807) is 0 Å². The van der Waals surface area contributed by atoms with Crippen LogP contribution in [0.2, 0.25) is 0 Å². The lowest BCUT2D eigenvalue weighted by atomic mass is 10.2. The lowest BCUT2D eigenvalue weighted by Crippen LogP contribution is -2.43. The van der Waals surface area contributed by atoms with E-state index in [9.17, 15) is 4.79 Å². The number of nitrogens with zero attached hydrogens (tertiary/aromatic N) is 1. The fraction of sp³-hybridized carbons (Fsp3) is 0.818. The second kappa shape index (κ2) is 9.89. The first-order valence-corrected chi connectivity index (χ1v) is 6.11. The lowest BCUT2D eigenvalue weighted by Gasteiger charge is -2.10. The number of amides is 1. The third kappa shape index (κ3) is 9.62. The Morgan fingerprint density at radius 2 is 2.06 bits per heavy atom. The smallest absolute Gasteiger partial charge is 0.221 e. The van der Waals surface area contributed by atoms with Gasteiger partial charge in [-0.05, 0) is 12.3 Å². The highest BCUT2D eigenvalue weighted by Crippen LogP contribution is 1.88. The van der Waals surface area contributed by atoms with Crippen LogP contribution in [0.1, 0.15) is 33.6 Å². The van der Waals surface area contributed by atoms with Crippen LogP contribution in [0.4, 0.5) is 0 Å². The molecule has 0 unspecified atom stereocenters. The van der Waals surface area contributed by atoms with Gasteiger partial charge in [-0.1, -0.05) is 20.8 Å². The Balaban J connectivity index is 3.70. The molecule has 0 aliphatic heterocycles. The standard InChI is InChI=1S/C11H25N5O/c1-4-6-13-11(16-12)14-7-5-10(17)15-8-9(2)3/h9H,4-8,12H2,1-3H3,(H,15,17)(H2,13,14,16). The molecule has 0 saturated carbocycles. The molecule has 0 rings (SSSR count). The van der Waals surface area contributed by atoms with E-state index in [2.05, 4.69) is 34.9 Å². The quantitative estimate of drug-likeness (QED) is 0.219. The van der Waals surface area contributed by atoms with Gasteiger partial charge in [0.2, 0.25) is 11.9 Å². The van der Waals surface area contributed by atoms with Crippen molar-refractivity contribution in [3.05, 3.63) is 0 Å². The highest BCUT2D eigenvalue weighted by atomic mass is 16.1. The Morgan fingerprint density at radius 1 is 1.35 bits per heavy atom. The monoisotopic (exact) mass is 243 g/mol. The van der Waals surface area contributed by atoms with Gasteiger partial charge in [0.1, 0.15) is 0 Å². The van der Waals surface area contributed by atoms with Crippen LogP contribution in [0.3, 0.4) is 0 Å². The molecule has 0 aromatic carbocycles. The number of hydrogen-bond acceptors (Lipinski definition) is 3. The summed E-state index contributed by atoms with van der Waals surface area (Å²) in [7, 11) is 0. The van der Waals surface area contributed by atoms with Crippen molar-refractivity contribution in [2.75, 3.05) is 19.6 Å². The number of rotatable bonds is 7. The second-order valence-electron chi connectivity index (χ2n) is 4.25. The number of guanidine groups is 1. The van der Waals surface area contributed by atoms with E-state index in [0.717, 1.165) is 6.42 Å². The minimum Gasteiger partial charge on any atom is -0.356 e. The molecule has 0 aliphatic rings. The molecule has 0 fully saturated rings. The molecule has 17 heavy (non-hydrogen) atoms. The number of nitrogens with two attached hydrogens (primary N) is 1. The van der Waals surface area contributed by atoms with Gasteiger partial charge >= 0.3 is 0 Å². The molecule has 0 aromatic rings. The van der Waals surface area contributed by atoms with Gasteiger partial charge in [-0.15, -0.1) is 0 Å². The lowest BCUT2D eigenvalue weighted by molar-refractivity contribution is -0.121. The predicted molar refractivity (Wildman–Crippen MR) is 70.4 cm³/mol. The van der Waals surface area contributed by atoms with Gasteiger partial charge in [0, 0.05) is 26.1 Å². The summed E-state index contributed by atoms with van der Waals surface area (Å²) in [6, 6.07) is 0. The van der Waals surface area contributed by atoms with Crippen LogP contribution in [0.5, 0.6) is 0 Å². The minimum absolute atomic E-state index is 0.0399. The van der Waals surface area contributed by atoms with Gasteiger partial charge in [-0.2, -0.15) is 0 Å². The van der Waals surface area contributed by atoms with Crippen LogP contribution in [0.15, 0.2) is 4.99 Å². The van der Waals surface area contributed by atoms with E-state index >= 15 is 0 Å². The molecule has 0 heterocycles. The van der Waals surface area contributed by atoms with Crippen molar-refractivity contribution in [3.8, 4) is 0 Å². The van der Waals surface area contributed by atoms with Crippen molar-refractivity contribution < 1.29 is 4.79 Å². The largest absolute Gasteiger partial charge is 0.356 e. The Bertz CT molecular complexity index is 240. The third-order valence-electron chi connectivity index (χ3n) is 1.98. The predicted octanol–water partition coefficient (Wildman–Crippen LogP) is -0.0324. The van der Waals surface area contributed by atoms with Crippen molar-refractivity contribution in [3.63, 3.8) is 0 Å². The number of nitrogens with one attached hydrogen (secondary N) is 3. The van der Waals surface area contributed by atoms with Crippen LogP contribution in [-0.2, 0) is 4.79 Å². The molecule has 0 atom stereocenters. The van der Waals surface area contributed by atoms with Crippen molar-refractivity contribution in [2.24, 2.45) is 16.8 Å². The summed E-state index contributed by atoms with van der Waals surface area (Å²) in [5.41, 5.74) is 2.47. The zero-order chi connectivity index (χ0) is 13.1. The summed E-state index contributed by atoms with van der Waals surface area (Å²) in [5, 5.41) is 5.82. The van der Waals surface area contributed by atoms with Gasteiger partial charge in [-0.3, -0.25) is 15.2 Å². The van der Waals surface area contributed by atoms with E-state index in [1.807, 2.05) is 6.92 Å². The fourth-order valence-electron chi connectivity index (χ4n) is 1.08. The molecular formula is C11H25N5O. The van der Waals surface area contributed by atoms with Crippen molar-refractivity contribution in [1.82, 2.24) is 16.1 Å². The zero-order valence-corrected chi connectivity index (χ0v) is 11.0. The topological polar surface area (TPSA) is 91.5 Å². The Labute approximate surface area is 103 Å². The van der Waals surface area contributed by atoms with Gasteiger partial charge in [-0.25, -0.2) is 5.84 Å². The second-order valence-corrected chi connectivity index (χ2v) is 4.25. The van der Waals surface area contributed by atoms with Crippen molar-refractivity contribution >= 4 is 11.9 Å². The van der Waals surface area contributed by atoms with Crippen LogP contribution >= 0.6 is 0 Å². The van der Waals surface area contributed by atoms with Gasteiger partial charge in [0.25, 0.3) is 0 Å². The maximum Gasteiger partial charge on any atom is 0.221 e. The maximum absolute atomic E-state index is 11.4. The molecule has 100 valence electrons.